The summed E-state index contributed by atoms with van der Waals surface area (Å²) in [5, 5.41) is 25.3. The van der Waals surface area contributed by atoms with Gasteiger partial charge >= 0.3 is 0 Å². The van der Waals surface area contributed by atoms with Crippen LogP contribution in [0.1, 0.15) is 52.4 Å². The number of hydrogen-bond acceptors (Lipinski definition) is 5. The van der Waals surface area contributed by atoms with E-state index in [1.807, 2.05) is 0 Å². The van der Waals surface area contributed by atoms with Gasteiger partial charge in [0.05, 0.1) is 6.61 Å². The Labute approximate surface area is 164 Å². The Balaban J connectivity index is 2.16. The van der Waals surface area contributed by atoms with Crippen molar-refractivity contribution in [3.05, 3.63) is 48.7 Å². The normalized spacial score (nSPS) is 23.6. The smallest absolute Gasteiger partial charge is 0.214 e. The first-order chi connectivity index (χ1) is 13.1. The molecule has 0 heterocycles. The Kier molecular flexibility index (Phi) is 12.8. The lowest BCUT2D eigenvalue weighted by Gasteiger charge is -2.30. The zero-order chi connectivity index (χ0) is 19.9. The summed E-state index contributed by atoms with van der Waals surface area (Å²) >= 11 is 0. The van der Waals surface area contributed by atoms with Crippen LogP contribution in [0, 0.1) is 11.8 Å². The summed E-state index contributed by atoms with van der Waals surface area (Å²) < 4.78 is 5.12. The van der Waals surface area contributed by atoms with Crippen LogP contribution in [0.15, 0.2) is 48.7 Å². The third-order valence-electron chi connectivity index (χ3n) is 4.99. The minimum atomic E-state index is -1.01. The highest BCUT2D eigenvalue weighted by molar-refractivity contribution is 5.17. The highest BCUT2D eigenvalue weighted by Crippen LogP contribution is 2.34. The van der Waals surface area contributed by atoms with Crippen molar-refractivity contribution < 1.29 is 14.9 Å². The Bertz CT molecular complexity index is 480. The summed E-state index contributed by atoms with van der Waals surface area (Å²) in [6, 6.07) is 0. The molecule has 0 bridgehead atoms. The molecule has 1 fully saturated rings. The van der Waals surface area contributed by atoms with Gasteiger partial charge in [0.2, 0.25) is 6.41 Å². The topological polar surface area (TPSA) is 73.8 Å². The van der Waals surface area contributed by atoms with Crippen LogP contribution in [0.5, 0.6) is 0 Å². The van der Waals surface area contributed by atoms with Gasteiger partial charge in [-0.3, -0.25) is 5.32 Å². The average molecular weight is 379 g/mol. The fraction of sp³-hybridized carbons (Fsp3) is 0.636. The Morgan fingerprint density at radius 3 is 2.52 bits per heavy atom. The number of aliphatic hydroxyl groups is 2. The molecule has 5 nitrogen and oxygen atoms in total. The molecule has 0 aliphatic heterocycles. The SMILES string of the molecule is C=CCNC(O)OC/C=C/NC(O)CC1CCC(CC(/C=C\C)=C/C)CC1. The van der Waals surface area contributed by atoms with Crippen LogP contribution in [0.2, 0.25) is 0 Å². The molecule has 2 unspecified atom stereocenters. The number of ether oxygens (including phenoxy) is 1. The van der Waals surface area contributed by atoms with Crippen molar-refractivity contribution in [1.82, 2.24) is 10.6 Å². The standard InChI is InChI=1S/C22H38N2O3/c1-4-8-18(6-3)16-19-9-11-20(12-10-19)17-21(25)23-14-7-15-27-22(26)24-13-5-2/h4-8,14,19-26H,2,9-13,15-17H2,1,3H3/b8-4-,14-7+,18-6+. The van der Waals surface area contributed by atoms with Crippen molar-refractivity contribution in [1.29, 1.82) is 0 Å². The van der Waals surface area contributed by atoms with Crippen molar-refractivity contribution in [2.24, 2.45) is 11.8 Å². The molecule has 1 aliphatic carbocycles. The van der Waals surface area contributed by atoms with Gasteiger partial charge in [-0.05, 0) is 63.6 Å². The van der Waals surface area contributed by atoms with E-state index in [-0.39, 0.29) is 6.61 Å². The van der Waals surface area contributed by atoms with Gasteiger partial charge in [0.25, 0.3) is 0 Å². The van der Waals surface area contributed by atoms with Crippen molar-refractivity contribution in [2.45, 2.75) is 65.0 Å². The van der Waals surface area contributed by atoms with Crippen LogP contribution < -0.4 is 10.6 Å². The van der Waals surface area contributed by atoms with Crippen molar-refractivity contribution >= 4 is 0 Å². The lowest BCUT2D eigenvalue weighted by molar-refractivity contribution is -0.108. The number of hydrogen-bond donors (Lipinski definition) is 4. The Morgan fingerprint density at radius 2 is 1.89 bits per heavy atom. The van der Waals surface area contributed by atoms with E-state index in [0.717, 1.165) is 12.3 Å². The molecule has 1 aliphatic rings. The minimum absolute atomic E-state index is 0.260. The maximum absolute atomic E-state index is 10.2. The summed E-state index contributed by atoms with van der Waals surface area (Å²) in [6.45, 7) is 8.47. The molecule has 1 saturated carbocycles. The molecule has 0 spiro atoms. The average Bonchev–Trinajstić information content (AvgIpc) is 2.67. The fourth-order valence-electron chi connectivity index (χ4n) is 3.50. The monoisotopic (exact) mass is 378 g/mol. The number of allylic oxidation sites excluding steroid dienone is 4. The van der Waals surface area contributed by atoms with E-state index in [2.05, 4.69) is 49.3 Å². The van der Waals surface area contributed by atoms with Gasteiger partial charge in [-0.25, -0.2) is 0 Å². The van der Waals surface area contributed by atoms with Gasteiger partial charge in [0, 0.05) is 6.54 Å². The minimum Gasteiger partial charge on any atom is -0.374 e. The highest BCUT2D eigenvalue weighted by Gasteiger charge is 2.23. The summed E-state index contributed by atoms with van der Waals surface area (Å²) in [6.07, 6.45) is 16.8. The predicted molar refractivity (Wildman–Crippen MR) is 112 cm³/mol. The molecule has 0 aromatic carbocycles. The van der Waals surface area contributed by atoms with Gasteiger partial charge in [0.15, 0.2) is 0 Å². The van der Waals surface area contributed by atoms with E-state index in [9.17, 15) is 10.2 Å². The maximum atomic E-state index is 10.2. The Morgan fingerprint density at radius 1 is 1.19 bits per heavy atom. The second kappa shape index (κ2) is 14.6. The summed E-state index contributed by atoms with van der Waals surface area (Å²) in [5.41, 5.74) is 1.43. The van der Waals surface area contributed by atoms with E-state index in [1.54, 1.807) is 18.4 Å². The van der Waals surface area contributed by atoms with Crippen molar-refractivity contribution in [3.63, 3.8) is 0 Å². The molecular weight excluding hydrogens is 340 g/mol. The molecule has 0 radical (unpaired) electrons. The fourth-order valence-corrected chi connectivity index (χ4v) is 3.50. The van der Waals surface area contributed by atoms with Crippen molar-refractivity contribution in [2.75, 3.05) is 13.2 Å². The van der Waals surface area contributed by atoms with E-state index in [4.69, 9.17) is 4.74 Å². The molecular formula is C22H38N2O3. The maximum Gasteiger partial charge on any atom is 0.214 e. The van der Waals surface area contributed by atoms with E-state index in [1.165, 1.54) is 37.7 Å². The van der Waals surface area contributed by atoms with Gasteiger partial charge in [0.1, 0.15) is 6.23 Å². The first-order valence-electron chi connectivity index (χ1n) is 10.1. The second-order valence-electron chi connectivity index (χ2n) is 7.16. The van der Waals surface area contributed by atoms with Crippen LogP contribution >= 0.6 is 0 Å². The zero-order valence-corrected chi connectivity index (χ0v) is 16.9. The van der Waals surface area contributed by atoms with Gasteiger partial charge in [-0.1, -0.05) is 42.7 Å². The molecule has 0 amide bonds. The summed E-state index contributed by atoms with van der Waals surface area (Å²) in [5.74, 6) is 1.35. The molecule has 0 aromatic rings. The third kappa shape index (κ3) is 11.1. The van der Waals surface area contributed by atoms with E-state index >= 15 is 0 Å². The van der Waals surface area contributed by atoms with Crippen LogP contribution in [-0.4, -0.2) is 36.0 Å². The first kappa shape index (κ1) is 23.6. The van der Waals surface area contributed by atoms with Crippen molar-refractivity contribution in [3.8, 4) is 0 Å². The lowest BCUT2D eigenvalue weighted by atomic mass is 9.77. The van der Waals surface area contributed by atoms with Gasteiger partial charge in [-0.2, -0.15) is 0 Å². The van der Waals surface area contributed by atoms with Crippen LogP contribution in [0.3, 0.4) is 0 Å². The lowest BCUT2D eigenvalue weighted by Crippen LogP contribution is -2.31. The second-order valence-corrected chi connectivity index (χ2v) is 7.16. The predicted octanol–water partition coefficient (Wildman–Crippen LogP) is 3.59. The van der Waals surface area contributed by atoms with E-state index < -0.39 is 12.6 Å². The molecule has 1 rings (SSSR count). The largest absolute Gasteiger partial charge is 0.374 e. The molecule has 0 saturated heterocycles. The molecule has 5 heteroatoms. The molecule has 27 heavy (non-hydrogen) atoms. The third-order valence-corrected chi connectivity index (χ3v) is 4.99. The van der Waals surface area contributed by atoms with Crippen LogP contribution in [-0.2, 0) is 4.74 Å². The molecule has 154 valence electrons. The first-order valence-corrected chi connectivity index (χ1v) is 10.1. The van der Waals surface area contributed by atoms with Crippen LogP contribution in [0.25, 0.3) is 0 Å². The number of aliphatic hydroxyl groups excluding tert-OH is 2. The van der Waals surface area contributed by atoms with Gasteiger partial charge in [-0.15, -0.1) is 6.58 Å². The molecule has 0 aromatic heterocycles. The summed E-state index contributed by atoms with van der Waals surface area (Å²) in [4.78, 5) is 0. The quantitative estimate of drug-likeness (QED) is 0.224. The zero-order valence-electron chi connectivity index (χ0n) is 16.9. The molecule has 4 N–H and O–H groups in total. The molecule has 2 atom stereocenters. The Hall–Kier alpha value is -1.40. The van der Waals surface area contributed by atoms with Gasteiger partial charge < -0.3 is 20.3 Å². The van der Waals surface area contributed by atoms with Crippen LogP contribution in [0.4, 0.5) is 0 Å². The summed E-state index contributed by atoms with van der Waals surface area (Å²) in [7, 11) is 0. The highest BCUT2D eigenvalue weighted by atomic mass is 16.6. The number of rotatable bonds is 13. The van der Waals surface area contributed by atoms with E-state index in [0.29, 0.717) is 12.5 Å². The number of nitrogens with one attached hydrogen (secondary N) is 2.